The molecular weight excluding hydrogens is 262 g/mol. The van der Waals surface area contributed by atoms with Gasteiger partial charge in [-0.15, -0.1) is 0 Å². The predicted octanol–water partition coefficient (Wildman–Crippen LogP) is 1.98. The number of likely N-dealkylation sites (tertiary alicyclic amines) is 1. The highest BCUT2D eigenvalue weighted by molar-refractivity contribution is 5.36. The molecule has 1 N–H and O–H groups in total. The molecule has 1 aromatic carbocycles. The largest absolute Gasteiger partial charge is 0.496 e. The van der Waals surface area contributed by atoms with Crippen molar-refractivity contribution in [2.45, 2.75) is 24.9 Å². The van der Waals surface area contributed by atoms with Gasteiger partial charge in [-0.05, 0) is 46.6 Å². The zero-order chi connectivity index (χ0) is 15.2. The van der Waals surface area contributed by atoms with E-state index in [0.29, 0.717) is 12.1 Å². The first kappa shape index (κ1) is 16.3. The van der Waals surface area contributed by atoms with Gasteiger partial charge in [0.05, 0.1) is 7.11 Å². The highest BCUT2D eigenvalue weighted by atomic mass is 16.5. The van der Waals surface area contributed by atoms with Crippen LogP contribution in [-0.4, -0.2) is 63.7 Å². The number of rotatable bonds is 6. The summed E-state index contributed by atoms with van der Waals surface area (Å²) in [4.78, 5) is 4.92. The lowest BCUT2D eigenvalue weighted by Crippen LogP contribution is -2.47. The lowest BCUT2D eigenvalue weighted by molar-refractivity contribution is 0.124. The van der Waals surface area contributed by atoms with Crippen molar-refractivity contribution < 1.29 is 4.74 Å². The van der Waals surface area contributed by atoms with Crippen LogP contribution in [0.4, 0.5) is 0 Å². The van der Waals surface area contributed by atoms with Crippen LogP contribution in [0.15, 0.2) is 24.3 Å². The molecule has 1 aliphatic rings. The van der Waals surface area contributed by atoms with Crippen molar-refractivity contribution in [3.63, 3.8) is 0 Å². The summed E-state index contributed by atoms with van der Waals surface area (Å²) in [5.74, 6) is 0.970. The normalized spacial score (nSPS) is 21.5. The lowest BCUT2D eigenvalue weighted by atomic mass is 10.0. The zero-order valence-corrected chi connectivity index (χ0v) is 13.8. The molecule has 118 valence electrons. The quantitative estimate of drug-likeness (QED) is 0.867. The molecule has 1 heterocycles. The van der Waals surface area contributed by atoms with Gasteiger partial charge in [0.15, 0.2) is 0 Å². The van der Waals surface area contributed by atoms with Gasteiger partial charge in [0.25, 0.3) is 0 Å². The van der Waals surface area contributed by atoms with E-state index in [9.17, 15) is 0 Å². The van der Waals surface area contributed by atoms with Gasteiger partial charge >= 0.3 is 0 Å². The van der Waals surface area contributed by atoms with Crippen LogP contribution < -0.4 is 10.1 Å². The van der Waals surface area contributed by atoms with Crippen LogP contribution in [0, 0.1) is 0 Å². The fourth-order valence-electron chi connectivity index (χ4n) is 3.18. The number of benzene rings is 1. The maximum Gasteiger partial charge on any atom is 0.123 e. The summed E-state index contributed by atoms with van der Waals surface area (Å²) in [6, 6.07) is 9.29. The third-order valence-electron chi connectivity index (χ3n) is 4.51. The molecule has 0 spiro atoms. The Kier molecular flexibility index (Phi) is 6.03. The summed E-state index contributed by atoms with van der Waals surface area (Å²) in [5.41, 5.74) is 1.24. The van der Waals surface area contributed by atoms with Crippen LogP contribution in [0.25, 0.3) is 0 Å². The molecule has 1 aromatic rings. The van der Waals surface area contributed by atoms with E-state index < -0.39 is 0 Å². The van der Waals surface area contributed by atoms with E-state index in [-0.39, 0.29) is 0 Å². The van der Waals surface area contributed by atoms with Crippen LogP contribution in [0.5, 0.6) is 5.75 Å². The molecular formula is C17H29N3O. The van der Waals surface area contributed by atoms with E-state index in [2.05, 4.69) is 41.3 Å². The van der Waals surface area contributed by atoms with Crippen molar-refractivity contribution in [1.82, 2.24) is 15.1 Å². The molecule has 1 aliphatic heterocycles. The molecule has 0 aliphatic carbocycles. The summed E-state index contributed by atoms with van der Waals surface area (Å²) in [6.07, 6.45) is 2.59. The first-order chi connectivity index (χ1) is 10.2. The minimum absolute atomic E-state index is 0.307. The number of ether oxygens (including phenoxy) is 1. The number of nitrogens with one attached hydrogen (secondary N) is 1. The van der Waals surface area contributed by atoms with Crippen LogP contribution in [0.2, 0.25) is 0 Å². The molecule has 0 aromatic heterocycles. The first-order valence-electron chi connectivity index (χ1n) is 7.84. The predicted molar refractivity (Wildman–Crippen MR) is 87.9 cm³/mol. The van der Waals surface area contributed by atoms with E-state index in [1.54, 1.807) is 7.11 Å². The van der Waals surface area contributed by atoms with Crippen molar-refractivity contribution in [1.29, 1.82) is 0 Å². The second-order valence-corrected chi connectivity index (χ2v) is 6.10. The molecule has 4 nitrogen and oxygen atoms in total. The number of piperidine rings is 1. The number of methoxy groups -OCH3 is 1. The summed E-state index contributed by atoms with van der Waals surface area (Å²) in [6.45, 7) is 3.37. The van der Waals surface area contributed by atoms with Crippen molar-refractivity contribution in [2.24, 2.45) is 0 Å². The van der Waals surface area contributed by atoms with Crippen LogP contribution in [0.1, 0.15) is 24.4 Å². The number of hydrogen-bond acceptors (Lipinski definition) is 4. The Hall–Kier alpha value is -1.10. The molecule has 1 saturated heterocycles. The number of hydrogen-bond donors (Lipinski definition) is 1. The summed E-state index contributed by atoms with van der Waals surface area (Å²) in [5, 5.41) is 3.45. The Bertz CT molecular complexity index is 436. The molecule has 1 fully saturated rings. The molecule has 0 amide bonds. The van der Waals surface area contributed by atoms with Crippen LogP contribution in [0.3, 0.4) is 0 Å². The standard InChI is InChI=1S/C17H29N3O/c1-18-16(15-9-5-6-10-17(15)21-4)13-20-11-7-8-14(12-20)19(2)3/h5-6,9-10,14,16,18H,7-8,11-13H2,1-4H3. The van der Waals surface area contributed by atoms with Crippen LogP contribution >= 0.6 is 0 Å². The second-order valence-electron chi connectivity index (χ2n) is 6.10. The third-order valence-corrected chi connectivity index (χ3v) is 4.51. The first-order valence-corrected chi connectivity index (χ1v) is 7.84. The Balaban J connectivity index is 2.05. The van der Waals surface area contributed by atoms with Crippen molar-refractivity contribution in [2.75, 3.05) is 47.9 Å². The minimum atomic E-state index is 0.307. The molecule has 4 heteroatoms. The van der Waals surface area contributed by atoms with Gasteiger partial charge in [0.1, 0.15) is 5.75 Å². The molecule has 0 radical (unpaired) electrons. The third kappa shape index (κ3) is 4.19. The van der Waals surface area contributed by atoms with Gasteiger partial charge < -0.3 is 15.0 Å². The van der Waals surface area contributed by atoms with Crippen molar-refractivity contribution in [3.8, 4) is 5.75 Å². The SMILES string of the molecule is CNC(CN1CCCC(N(C)C)C1)c1ccccc1OC. The Labute approximate surface area is 129 Å². The highest BCUT2D eigenvalue weighted by Gasteiger charge is 2.24. The molecule has 2 atom stereocenters. The van der Waals surface area contributed by atoms with Crippen molar-refractivity contribution >= 4 is 0 Å². The van der Waals surface area contributed by atoms with E-state index in [4.69, 9.17) is 4.74 Å². The van der Waals surface area contributed by atoms with Gasteiger partial charge in [0.2, 0.25) is 0 Å². The van der Waals surface area contributed by atoms with Gasteiger partial charge in [-0.25, -0.2) is 0 Å². The van der Waals surface area contributed by atoms with E-state index in [1.165, 1.54) is 24.9 Å². The maximum atomic E-state index is 5.51. The van der Waals surface area contributed by atoms with Gasteiger partial charge in [0, 0.05) is 30.7 Å². The number of nitrogens with zero attached hydrogens (tertiary/aromatic N) is 2. The summed E-state index contributed by atoms with van der Waals surface area (Å²) in [7, 11) is 8.15. The molecule has 2 unspecified atom stereocenters. The Morgan fingerprint density at radius 1 is 1.38 bits per heavy atom. The van der Waals surface area contributed by atoms with Crippen molar-refractivity contribution in [3.05, 3.63) is 29.8 Å². The number of para-hydroxylation sites is 1. The summed E-state index contributed by atoms with van der Waals surface area (Å²) < 4.78 is 5.51. The van der Waals surface area contributed by atoms with E-state index >= 15 is 0 Å². The minimum Gasteiger partial charge on any atom is -0.496 e. The molecule has 0 saturated carbocycles. The van der Waals surface area contributed by atoms with Gasteiger partial charge in [-0.3, -0.25) is 4.90 Å². The zero-order valence-electron chi connectivity index (χ0n) is 13.8. The Morgan fingerprint density at radius 3 is 2.81 bits per heavy atom. The fraction of sp³-hybridized carbons (Fsp3) is 0.647. The lowest BCUT2D eigenvalue weighted by Gasteiger charge is -2.38. The van der Waals surface area contributed by atoms with E-state index in [1.807, 2.05) is 19.2 Å². The monoisotopic (exact) mass is 291 g/mol. The average Bonchev–Trinajstić information content (AvgIpc) is 2.52. The average molecular weight is 291 g/mol. The smallest absolute Gasteiger partial charge is 0.123 e. The maximum absolute atomic E-state index is 5.51. The topological polar surface area (TPSA) is 27.7 Å². The molecule has 21 heavy (non-hydrogen) atoms. The molecule has 0 bridgehead atoms. The van der Waals surface area contributed by atoms with Gasteiger partial charge in [-0.1, -0.05) is 18.2 Å². The highest BCUT2D eigenvalue weighted by Crippen LogP contribution is 2.26. The fourth-order valence-corrected chi connectivity index (χ4v) is 3.18. The molecule has 2 rings (SSSR count). The van der Waals surface area contributed by atoms with Crippen LogP contribution in [-0.2, 0) is 0 Å². The Morgan fingerprint density at radius 2 is 2.14 bits per heavy atom. The second kappa shape index (κ2) is 7.78. The van der Waals surface area contributed by atoms with E-state index in [0.717, 1.165) is 18.8 Å². The summed E-state index contributed by atoms with van der Waals surface area (Å²) >= 11 is 0. The number of likely N-dealkylation sites (N-methyl/N-ethyl adjacent to an activating group) is 2. The van der Waals surface area contributed by atoms with Gasteiger partial charge in [-0.2, -0.15) is 0 Å².